The van der Waals surface area contributed by atoms with E-state index < -0.39 is 34.5 Å². The molecule has 0 aromatic rings. The first-order valence-corrected chi connectivity index (χ1v) is 7.57. The number of carboxylic acids is 1. The molecule has 4 N–H and O–H groups in total. The molecular weight excluding hydrogens is 274 g/mol. The highest BCUT2D eigenvalue weighted by molar-refractivity contribution is 7.82. The summed E-state index contributed by atoms with van der Waals surface area (Å²) in [6.07, 6.45) is 0.892. The molecule has 8 nitrogen and oxygen atoms in total. The van der Waals surface area contributed by atoms with Crippen LogP contribution in [-0.4, -0.2) is 43.7 Å². The van der Waals surface area contributed by atoms with Crippen LogP contribution in [0.15, 0.2) is 0 Å². The minimum absolute atomic E-state index is 0.357. The highest BCUT2D eigenvalue weighted by Crippen LogP contribution is 2.16. The van der Waals surface area contributed by atoms with E-state index in [0.717, 1.165) is 12.8 Å². The molecule has 1 aliphatic heterocycles. The van der Waals surface area contributed by atoms with Gasteiger partial charge in [-0.1, -0.05) is 6.92 Å². The number of carbonyl (C=O) groups is 2. The first-order chi connectivity index (χ1) is 8.72. The molecule has 0 unspecified atom stereocenters. The molecule has 0 spiro atoms. The third-order valence-electron chi connectivity index (χ3n) is 3.16. The van der Waals surface area contributed by atoms with Gasteiger partial charge in [-0.3, -0.25) is 4.79 Å². The summed E-state index contributed by atoms with van der Waals surface area (Å²) in [7, 11) is -3.82. The van der Waals surface area contributed by atoms with E-state index in [1.54, 1.807) is 0 Å². The van der Waals surface area contributed by atoms with Crippen LogP contribution in [0.1, 0.15) is 26.2 Å². The summed E-state index contributed by atoms with van der Waals surface area (Å²) in [6, 6.07) is -1.51. The number of aliphatic carboxylic acids is 1. The number of amides is 1. The summed E-state index contributed by atoms with van der Waals surface area (Å²) >= 11 is 0. The maximum atomic E-state index is 12.0. The third kappa shape index (κ3) is 4.77. The second-order valence-corrected chi connectivity index (χ2v) is 6.68. The van der Waals surface area contributed by atoms with Crippen LogP contribution in [0.2, 0.25) is 0 Å². The highest BCUT2D eigenvalue weighted by atomic mass is 32.2. The number of rotatable bonds is 6. The second kappa shape index (κ2) is 6.31. The first kappa shape index (κ1) is 15.9. The van der Waals surface area contributed by atoms with Crippen molar-refractivity contribution in [2.75, 3.05) is 13.1 Å². The molecule has 0 aliphatic carbocycles. The lowest BCUT2D eigenvalue weighted by Gasteiger charge is -2.28. The number of primary amides is 1. The Balaban J connectivity index is 2.71. The van der Waals surface area contributed by atoms with Crippen molar-refractivity contribution in [2.45, 2.75) is 32.2 Å². The number of piperidine rings is 1. The van der Waals surface area contributed by atoms with Gasteiger partial charge in [-0.15, -0.1) is 0 Å². The Morgan fingerprint density at radius 1 is 1.42 bits per heavy atom. The molecule has 0 saturated carbocycles. The van der Waals surface area contributed by atoms with Crippen molar-refractivity contribution >= 4 is 22.1 Å². The second-order valence-electron chi connectivity index (χ2n) is 4.86. The number of carboxylic acid groups (broad SMARTS) is 1. The van der Waals surface area contributed by atoms with Crippen LogP contribution in [0.25, 0.3) is 0 Å². The molecule has 0 aromatic heterocycles. The summed E-state index contributed by atoms with van der Waals surface area (Å²) in [5.74, 6) is -2.05. The molecule has 0 aromatic carbocycles. The maximum Gasteiger partial charge on any atom is 0.369 e. The Labute approximate surface area is 112 Å². The van der Waals surface area contributed by atoms with Gasteiger partial charge in [0.25, 0.3) is 0 Å². The summed E-state index contributed by atoms with van der Waals surface area (Å²) in [5.41, 5.74) is 4.89. The lowest BCUT2D eigenvalue weighted by molar-refractivity contribution is -0.543. The van der Waals surface area contributed by atoms with E-state index in [2.05, 4.69) is 0 Å². The van der Waals surface area contributed by atoms with Crippen LogP contribution < -0.4 is 15.6 Å². The molecule has 0 radical (unpaired) electrons. The highest BCUT2D eigenvalue weighted by Gasteiger charge is 2.32. The molecule has 1 aliphatic rings. The summed E-state index contributed by atoms with van der Waals surface area (Å²) < 4.78 is 25.9. The minimum Gasteiger partial charge on any atom is -0.544 e. The Bertz CT molecular complexity index is 442. The maximum absolute atomic E-state index is 12.0. The van der Waals surface area contributed by atoms with Crippen molar-refractivity contribution < 1.29 is 27.8 Å². The molecule has 1 saturated heterocycles. The fraction of sp³-hybridized carbons (Fsp3) is 0.800. The molecule has 1 heterocycles. The lowest BCUT2D eigenvalue weighted by atomic mass is 10.0. The van der Waals surface area contributed by atoms with Crippen LogP contribution in [0.4, 0.5) is 0 Å². The molecule has 0 bridgehead atoms. The number of nitrogens with two attached hydrogens (primary N) is 2. The van der Waals surface area contributed by atoms with E-state index in [9.17, 15) is 23.1 Å². The fourth-order valence-electron chi connectivity index (χ4n) is 1.94. The average molecular weight is 293 g/mol. The molecule has 9 heteroatoms. The predicted octanol–water partition coefficient (Wildman–Crippen LogP) is -3.48. The van der Waals surface area contributed by atoms with Gasteiger partial charge in [0.15, 0.2) is 0 Å². The smallest absolute Gasteiger partial charge is 0.369 e. The third-order valence-corrected chi connectivity index (χ3v) is 4.92. The number of quaternary nitrogens is 1. The topological polar surface area (TPSA) is 137 Å². The quantitative estimate of drug-likeness (QED) is 0.524. The van der Waals surface area contributed by atoms with Gasteiger partial charge in [0, 0.05) is 13.1 Å². The molecular formula is C10H19N3O5S. The number of hydrogen-bond donors (Lipinski definition) is 2. The summed E-state index contributed by atoms with van der Waals surface area (Å²) in [4.78, 5) is 21.5. The Kier molecular flexibility index (Phi) is 5.27. The largest absolute Gasteiger partial charge is 0.544 e. The van der Waals surface area contributed by atoms with Crippen molar-refractivity contribution in [1.29, 1.82) is 0 Å². The average Bonchev–Trinajstić information content (AvgIpc) is 2.27. The van der Waals surface area contributed by atoms with Crippen molar-refractivity contribution in [1.82, 2.24) is 4.31 Å². The van der Waals surface area contributed by atoms with Gasteiger partial charge in [-0.25, -0.2) is 4.72 Å². The zero-order valence-corrected chi connectivity index (χ0v) is 11.6. The van der Waals surface area contributed by atoms with Crippen molar-refractivity contribution in [3.05, 3.63) is 0 Å². The Morgan fingerprint density at radius 3 is 2.37 bits per heavy atom. The van der Waals surface area contributed by atoms with Gasteiger partial charge in [0.2, 0.25) is 5.91 Å². The normalized spacial score (nSPS) is 20.1. The van der Waals surface area contributed by atoms with Gasteiger partial charge in [0.1, 0.15) is 12.0 Å². The summed E-state index contributed by atoms with van der Waals surface area (Å²) in [5, 5.41) is 10.8. The Hall–Kier alpha value is -1.19. The van der Waals surface area contributed by atoms with Gasteiger partial charge in [-0.05, 0) is 18.8 Å². The molecule has 110 valence electrons. The van der Waals surface area contributed by atoms with Crippen LogP contribution in [-0.2, 0) is 19.8 Å². The molecule has 19 heavy (non-hydrogen) atoms. The van der Waals surface area contributed by atoms with Gasteiger partial charge < -0.3 is 15.6 Å². The van der Waals surface area contributed by atoms with E-state index in [-0.39, 0.29) is 0 Å². The number of hydrogen-bond acceptors (Lipinski definition) is 5. The van der Waals surface area contributed by atoms with Crippen LogP contribution in [0, 0.1) is 5.92 Å². The van der Waals surface area contributed by atoms with E-state index in [1.807, 2.05) is 6.92 Å². The van der Waals surface area contributed by atoms with E-state index in [0.29, 0.717) is 23.7 Å². The van der Waals surface area contributed by atoms with Crippen molar-refractivity contribution in [3.8, 4) is 0 Å². The molecule has 1 amide bonds. The van der Waals surface area contributed by atoms with Gasteiger partial charge in [-0.2, -0.15) is 12.7 Å². The van der Waals surface area contributed by atoms with Crippen LogP contribution >= 0.6 is 0 Å². The zero-order chi connectivity index (χ0) is 14.6. The van der Waals surface area contributed by atoms with E-state index in [1.165, 1.54) is 4.31 Å². The van der Waals surface area contributed by atoms with Gasteiger partial charge >= 0.3 is 10.2 Å². The van der Waals surface area contributed by atoms with Crippen molar-refractivity contribution in [2.24, 2.45) is 11.7 Å². The molecule has 1 atom stereocenters. The SMILES string of the molecule is CC1CCN(S(=O)(=O)[NH2+][C@@H](CC(N)=O)C(=O)[O-])CC1. The van der Waals surface area contributed by atoms with Gasteiger partial charge in [0.05, 0.1) is 6.42 Å². The van der Waals surface area contributed by atoms with Crippen LogP contribution in [0.3, 0.4) is 0 Å². The first-order valence-electron chi connectivity index (χ1n) is 6.06. The predicted molar refractivity (Wildman–Crippen MR) is 63.4 cm³/mol. The standard InChI is InChI=1S/C10H19N3O5S/c1-7-2-4-13(5-3-7)19(17,18)12-8(10(15)16)6-9(11)14/h7-8,12H,2-6H2,1H3,(H2,11,14)(H,15,16)/t8-/m0/s1. The Morgan fingerprint density at radius 2 is 1.95 bits per heavy atom. The zero-order valence-electron chi connectivity index (χ0n) is 10.7. The van der Waals surface area contributed by atoms with E-state index >= 15 is 0 Å². The van der Waals surface area contributed by atoms with E-state index in [4.69, 9.17) is 5.73 Å². The van der Waals surface area contributed by atoms with Crippen LogP contribution in [0.5, 0.6) is 0 Å². The summed E-state index contributed by atoms with van der Waals surface area (Å²) in [6.45, 7) is 2.75. The fourth-order valence-corrected chi connectivity index (χ4v) is 3.45. The monoisotopic (exact) mass is 293 g/mol. The number of nitrogens with zero attached hydrogens (tertiary/aromatic N) is 1. The van der Waals surface area contributed by atoms with Crippen molar-refractivity contribution in [3.63, 3.8) is 0 Å². The number of carbonyl (C=O) groups excluding carboxylic acids is 2. The lowest BCUT2D eigenvalue weighted by Crippen LogP contribution is -2.97. The minimum atomic E-state index is -3.82. The molecule has 1 fully saturated rings. The molecule has 1 rings (SSSR count).